The maximum atomic E-state index is 12.8. The second kappa shape index (κ2) is 8.99. The number of benzene rings is 1. The van der Waals surface area contributed by atoms with Gasteiger partial charge < -0.3 is 15.2 Å². The van der Waals surface area contributed by atoms with Gasteiger partial charge >= 0.3 is 0 Å². The first-order valence-electron chi connectivity index (χ1n) is 10.0. The minimum absolute atomic E-state index is 0.0371. The number of rotatable bonds is 6. The SMILES string of the molecule is Cc1ccc(C(=O)NC(C(=O)NCc2nnc3n2CCCCC3)C(C)C)cc1. The molecule has 0 radical (unpaired) electrons. The zero-order valence-electron chi connectivity index (χ0n) is 16.9. The largest absolute Gasteiger partial charge is 0.347 e. The second-order valence-electron chi connectivity index (χ2n) is 7.77. The molecule has 1 aliphatic heterocycles. The van der Waals surface area contributed by atoms with Crippen LogP contribution in [0.15, 0.2) is 24.3 Å². The van der Waals surface area contributed by atoms with Crippen LogP contribution < -0.4 is 10.6 Å². The highest BCUT2D eigenvalue weighted by atomic mass is 16.2. The zero-order chi connectivity index (χ0) is 20.1. The number of nitrogens with one attached hydrogen (secondary N) is 2. The van der Waals surface area contributed by atoms with E-state index in [-0.39, 0.29) is 17.7 Å². The Balaban J connectivity index is 1.63. The Kier molecular flexibility index (Phi) is 6.44. The molecule has 1 aliphatic rings. The van der Waals surface area contributed by atoms with Gasteiger partial charge in [-0.15, -0.1) is 10.2 Å². The van der Waals surface area contributed by atoms with E-state index in [1.165, 1.54) is 6.42 Å². The van der Waals surface area contributed by atoms with Crippen molar-refractivity contribution >= 4 is 11.8 Å². The van der Waals surface area contributed by atoms with Crippen molar-refractivity contribution in [3.05, 3.63) is 47.0 Å². The van der Waals surface area contributed by atoms with Gasteiger partial charge in [-0.3, -0.25) is 9.59 Å². The molecule has 0 spiro atoms. The van der Waals surface area contributed by atoms with Crippen LogP contribution in [0.3, 0.4) is 0 Å². The molecule has 0 bridgehead atoms. The van der Waals surface area contributed by atoms with Gasteiger partial charge in [-0.05, 0) is 37.8 Å². The van der Waals surface area contributed by atoms with E-state index >= 15 is 0 Å². The zero-order valence-corrected chi connectivity index (χ0v) is 16.9. The second-order valence-corrected chi connectivity index (χ2v) is 7.77. The van der Waals surface area contributed by atoms with Gasteiger partial charge in [-0.1, -0.05) is 38.0 Å². The van der Waals surface area contributed by atoms with E-state index in [2.05, 4.69) is 25.4 Å². The Labute approximate surface area is 165 Å². The predicted octanol–water partition coefficient (Wildman–Crippen LogP) is 2.38. The summed E-state index contributed by atoms with van der Waals surface area (Å²) in [6, 6.07) is 6.70. The Bertz CT molecular complexity index is 826. The van der Waals surface area contributed by atoms with Crippen LogP contribution in [0.1, 0.15) is 60.7 Å². The molecule has 2 aromatic rings. The Hall–Kier alpha value is -2.70. The lowest BCUT2D eigenvalue weighted by molar-refractivity contribution is -0.124. The van der Waals surface area contributed by atoms with Crippen LogP contribution >= 0.6 is 0 Å². The Morgan fingerprint density at radius 2 is 1.86 bits per heavy atom. The first-order chi connectivity index (χ1) is 13.5. The first kappa shape index (κ1) is 20.0. The summed E-state index contributed by atoms with van der Waals surface area (Å²) in [5.74, 6) is 1.28. The maximum Gasteiger partial charge on any atom is 0.251 e. The molecule has 1 unspecified atom stereocenters. The summed E-state index contributed by atoms with van der Waals surface area (Å²) in [4.78, 5) is 25.3. The van der Waals surface area contributed by atoms with E-state index < -0.39 is 6.04 Å². The Morgan fingerprint density at radius 3 is 2.57 bits per heavy atom. The third-order valence-electron chi connectivity index (χ3n) is 5.16. The molecular formula is C21H29N5O2. The van der Waals surface area contributed by atoms with E-state index in [1.54, 1.807) is 12.1 Å². The van der Waals surface area contributed by atoms with Gasteiger partial charge in [0.1, 0.15) is 11.9 Å². The third kappa shape index (κ3) is 4.77. The van der Waals surface area contributed by atoms with Crippen LogP contribution in [0.4, 0.5) is 0 Å². The number of hydrogen-bond donors (Lipinski definition) is 2. The van der Waals surface area contributed by atoms with Crippen molar-refractivity contribution in [1.82, 2.24) is 25.4 Å². The fourth-order valence-corrected chi connectivity index (χ4v) is 3.42. The molecule has 2 N–H and O–H groups in total. The topological polar surface area (TPSA) is 88.9 Å². The lowest BCUT2D eigenvalue weighted by Gasteiger charge is -2.22. The number of fused-ring (bicyclic) bond motifs is 1. The molecule has 0 saturated carbocycles. The molecule has 28 heavy (non-hydrogen) atoms. The standard InChI is InChI=1S/C21H29N5O2/c1-14(2)19(23-20(27)16-10-8-15(3)9-11-16)21(28)22-13-18-25-24-17-7-5-4-6-12-26(17)18/h8-11,14,19H,4-7,12-13H2,1-3H3,(H,22,28)(H,23,27). The van der Waals surface area contributed by atoms with Crippen LogP contribution in [0, 0.1) is 12.8 Å². The highest BCUT2D eigenvalue weighted by molar-refractivity contribution is 5.97. The number of aryl methyl sites for hydroxylation is 2. The van der Waals surface area contributed by atoms with Crippen molar-refractivity contribution in [3.63, 3.8) is 0 Å². The fraction of sp³-hybridized carbons (Fsp3) is 0.524. The first-order valence-corrected chi connectivity index (χ1v) is 10.0. The van der Waals surface area contributed by atoms with E-state index in [0.29, 0.717) is 12.1 Å². The quantitative estimate of drug-likeness (QED) is 0.802. The number of carbonyl (C=O) groups excluding carboxylic acids is 2. The molecule has 7 heteroatoms. The van der Waals surface area contributed by atoms with Crippen molar-refractivity contribution in [2.75, 3.05) is 0 Å². The molecule has 150 valence electrons. The molecule has 1 aromatic heterocycles. The highest BCUT2D eigenvalue weighted by Crippen LogP contribution is 2.14. The monoisotopic (exact) mass is 383 g/mol. The highest BCUT2D eigenvalue weighted by Gasteiger charge is 2.25. The van der Waals surface area contributed by atoms with Gasteiger partial charge in [0.05, 0.1) is 6.54 Å². The van der Waals surface area contributed by atoms with E-state index in [0.717, 1.165) is 43.0 Å². The normalized spacial score (nSPS) is 14.9. The van der Waals surface area contributed by atoms with Crippen LogP contribution in [0.25, 0.3) is 0 Å². The van der Waals surface area contributed by atoms with Crippen LogP contribution in [-0.4, -0.2) is 32.6 Å². The number of carbonyl (C=O) groups is 2. The molecular weight excluding hydrogens is 354 g/mol. The van der Waals surface area contributed by atoms with Gasteiger partial charge in [0.15, 0.2) is 5.82 Å². The summed E-state index contributed by atoms with van der Waals surface area (Å²) in [5.41, 5.74) is 1.63. The van der Waals surface area contributed by atoms with E-state index in [9.17, 15) is 9.59 Å². The van der Waals surface area contributed by atoms with Crippen molar-refractivity contribution in [2.45, 2.75) is 65.6 Å². The van der Waals surface area contributed by atoms with E-state index in [1.807, 2.05) is 32.9 Å². The maximum absolute atomic E-state index is 12.8. The summed E-state index contributed by atoms with van der Waals surface area (Å²) in [6.45, 7) is 7.02. The Morgan fingerprint density at radius 1 is 1.11 bits per heavy atom. The fourth-order valence-electron chi connectivity index (χ4n) is 3.42. The average molecular weight is 383 g/mol. The van der Waals surface area contributed by atoms with Gasteiger partial charge in [0.2, 0.25) is 5.91 Å². The van der Waals surface area contributed by atoms with Crippen molar-refractivity contribution in [3.8, 4) is 0 Å². The minimum Gasteiger partial charge on any atom is -0.347 e. The van der Waals surface area contributed by atoms with Crippen LogP contribution in [0.2, 0.25) is 0 Å². The lowest BCUT2D eigenvalue weighted by atomic mass is 10.0. The lowest BCUT2D eigenvalue weighted by Crippen LogP contribution is -2.49. The molecule has 1 aromatic carbocycles. The molecule has 3 rings (SSSR count). The summed E-state index contributed by atoms with van der Waals surface area (Å²) >= 11 is 0. The van der Waals surface area contributed by atoms with Crippen molar-refractivity contribution in [1.29, 1.82) is 0 Å². The van der Waals surface area contributed by atoms with Gasteiger partial charge in [0, 0.05) is 18.5 Å². The molecule has 0 fully saturated rings. The molecule has 2 amide bonds. The van der Waals surface area contributed by atoms with Crippen LogP contribution in [-0.2, 0) is 24.3 Å². The van der Waals surface area contributed by atoms with E-state index in [4.69, 9.17) is 0 Å². The summed E-state index contributed by atoms with van der Waals surface area (Å²) in [7, 11) is 0. The summed E-state index contributed by atoms with van der Waals surface area (Å²) < 4.78 is 2.11. The minimum atomic E-state index is -0.611. The molecule has 0 saturated heterocycles. The van der Waals surface area contributed by atoms with Crippen molar-refractivity contribution in [2.24, 2.45) is 5.92 Å². The number of nitrogens with zero attached hydrogens (tertiary/aromatic N) is 3. The third-order valence-corrected chi connectivity index (χ3v) is 5.16. The number of hydrogen-bond acceptors (Lipinski definition) is 4. The molecule has 7 nitrogen and oxygen atoms in total. The average Bonchev–Trinajstić information content (AvgIpc) is 2.90. The summed E-state index contributed by atoms with van der Waals surface area (Å²) in [6.07, 6.45) is 4.36. The number of amides is 2. The molecule has 1 atom stereocenters. The number of aromatic nitrogens is 3. The smallest absolute Gasteiger partial charge is 0.251 e. The summed E-state index contributed by atoms with van der Waals surface area (Å²) in [5, 5.41) is 14.3. The van der Waals surface area contributed by atoms with Crippen LogP contribution in [0.5, 0.6) is 0 Å². The van der Waals surface area contributed by atoms with Gasteiger partial charge in [0.25, 0.3) is 5.91 Å². The van der Waals surface area contributed by atoms with Crippen molar-refractivity contribution < 1.29 is 9.59 Å². The van der Waals surface area contributed by atoms with Gasteiger partial charge in [-0.2, -0.15) is 0 Å². The van der Waals surface area contributed by atoms with Gasteiger partial charge in [-0.25, -0.2) is 0 Å². The molecule has 2 heterocycles. The predicted molar refractivity (Wildman–Crippen MR) is 107 cm³/mol. The molecule has 0 aliphatic carbocycles.